The van der Waals surface area contributed by atoms with E-state index in [2.05, 4.69) is 0 Å². The van der Waals surface area contributed by atoms with Crippen molar-refractivity contribution in [1.82, 2.24) is 0 Å². The zero-order valence-electron chi connectivity index (χ0n) is 10.7. The number of rotatable bonds is 4. The third-order valence-electron chi connectivity index (χ3n) is 2.35. The minimum atomic E-state index is -0.374. The van der Waals surface area contributed by atoms with E-state index in [9.17, 15) is 4.79 Å². The van der Waals surface area contributed by atoms with Gasteiger partial charge < -0.3 is 15.2 Å². The Morgan fingerprint density at radius 3 is 2.59 bits per heavy atom. The van der Waals surface area contributed by atoms with Gasteiger partial charge in [0, 0.05) is 11.3 Å². The number of nitrogens with two attached hydrogens (primary N) is 1. The molecule has 4 nitrogen and oxygen atoms in total. The maximum atomic E-state index is 11.4. The Balaban J connectivity index is 2.69. The van der Waals surface area contributed by atoms with E-state index < -0.39 is 0 Å². The van der Waals surface area contributed by atoms with Crippen LogP contribution in [0, 0.1) is 13.8 Å². The van der Waals surface area contributed by atoms with E-state index in [1.54, 1.807) is 13.8 Å². The molecule has 0 spiro atoms. The van der Waals surface area contributed by atoms with Gasteiger partial charge in [-0.15, -0.1) is 0 Å². The van der Waals surface area contributed by atoms with Crippen molar-refractivity contribution in [3.8, 4) is 5.75 Å². The molecule has 1 aromatic carbocycles. The third kappa shape index (κ3) is 3.66. The molecule has 1 rings (SSSR count). The fourth-order valence-electron chi connectivity index (χ4n) is 1.49. The lowest BCUT2D eigenvalue weighted by molar-refractivity contribution is -0.149. The lowest BCUT2D eigenvalue weighted by atomic mass is 10.1. The van der Waals surface area contributed by atoms with Crippen molar-refractivity contribution in [1.29, 1.82) is 0 Å². The summed E-state index contributed by atoms with van der Waals surface area (Å²) in [7, 11) is 0. The van der Waals surface area contributed by atoms with Crippen molar-refractivity contribution in [3.05, 3.63) is 23.3 Å². The molecule has 0 bridgehead atoms. The Kier molecular flexibility index (Phi) is 4.37. The van der Waals surface area contributed by atoms with Gasteiger partial charge in [-0.05, 0) is 39.3 Å². The quantitative estimate of drug-likeness (QED) is 0.644. The third-order valence-corrected chi connectivity index (χ3v) is 2.35. The summed E-state index contributed by atoms with van der Waals surface area (Å²) in [5, 5.41) is 0. The summed E-state index contributed by atoms with van der Waals surface area (Å²) in [6.45, 7) is 7.29. The first kappa shape index (κ1) is 13.4. The number of benzene rings is 1. The van der Waals surface area contributed by atoms with Crippen molar-refractivity contribution in [2.24, 2.45) is 0 Å². The summed E-state index contributed by atoms with van der Waals surface area (Å²) in [5.74, 6) is 0.284. The van der Waals surface area contributed by atoms with Crippen LogP contribution in [-0.2, 0) is 9.53 Å². The van der Waals surface area contributed by atoms with Crippen LogP contribution in [0.25, 0.3) is 0 Å². The van der Waals surface area contributed by atoms with E-state index in [4.69, 9.17) is 15.2 Å². The van der Waals surface area contributed by atoms with Gasteiger partial charge in [0.2, 0.25) is 0 Å². The lowest BCUT2D eigenvalue weighted by Gasteiger charge is -2.14. The van der Waals surface area contributed by atoms with E-state index in [0.717, 1.165) is 11.1 Å². The van der Waals surface area contributed by atoms with Gasteiger partial charge in [0.25, 0.3) is 0 Å². The lowest BCUT2D eigenvalue weighted by Crippen LogP contribution is -2.19. The van der Waals surface area contributed by atoms with Crippen LogP contribution in [0.1, 0.15) is 25.0 Å². The van der Waals surface area contributed by atoms with Crippen LogP contribution < -0.4 is 10.5 Å². The molecule has 4 heteroatoms. The topological polar surface area (TPSA) is 61.5 Å². The molecule has 0 aliphatic heterocycles. The highest BCUT2D eigenvalue weighted by atomic mass is 16.6. The maximum Gasteiger partial charge on any atom is 0.344 e. The monoisotopic (exact) mass is 237 g/mol. The Morgan fingerprint density at radius 2 is 2.00 bits per heavy atom. The van der Waals surface area contributed by atoms with E-state index in [0.29, 0.717) is 11.4 Å². The van der Waals surface area contributed by atoms with Crippen LogP contribution in [0.3, 0.4) is 0 Å². The standard InChI is InChI=1S/C13H19NO3/c1-8(2)17-12(15)7-16-13-9(3)5-6-11(14)10(13)4/h5-6,8H,7,14H2,1-4H3. The van der Waals surface area contributed by atoms with Crippen LogP contribution in [-0.4, -0.2) is 18.7 Å². The highest BCUT2D eigenvalue weighted by molar-refractivity contribution is 5.71. The van der Waals surface area contributed by atoms with Crippen LogP contribution >= 0.6 is 0 Å². The maximum absolute atomic E-state index is 11.4. The Morgan fingerprint density at radius 1 is 1.35 bits per heavy atom. The molecule has 0 aliphatic carbocycles. The molecule has 0 aromatic heterocycles. The number of hydrogen-bond donors (Lipinski definition) is 1. The number of aryl methyl sites for hydroxylation is 1. The number of nitrogen functional groups attached to an aromatic ring is 1. The van der Waals surface area contributed by atoms with Gasteiger partial charge >= 0.3 is 5.97 Å². The largest absolute Gasteiger partial charge is 0.481 e. The highest BCUT2D eigenvalue weighted by Gasteiger charge is 2.11. The normalized spacial score (nSPS) is 10.4. The average molecular weight is 237 g/mol. The van der Waals surface area contributed by atoms with Crippen molar-refractivity contribution in [2.45, 2.75) is 33.8 Å². The number of hydrogen-bond acceptors (Lipinski definition) is 4. The van der Waals surface area contributed by atoms with Crippen molar-refractivity contribution in [3.63, 3.8) is 0 Å². The van der Waals surface area contributed by atoms with Gasteiger partial charge in [-0.25, -0.2) is 4.79 Å². The summed E-state index contributed by atoms with van der Waals surface area (Å²) in [4.78, 5) is 11.4. The summed E-state index contributed by atoms with van der Waals surface area (Å²) in [6, 6.07) is 3.69. The van der Waals surface area contributed by atoms with Gasteiger partial charge in [0.05, 0.1) is 6.10 Å². The van der Waals surface area contributed by atoms with Crippen LogP contribution in [0.2, 0.25) is 0 Å². The molecule has 0 aliphatic rings. The smallest absolute Gasteiger partial charge is 0.344 e. The van der Waals surface area contributed by atoms with Crippen molar-refractivity contribution < 1.29 is 14.3 Å². The molecule has 0 saturated heterocycles. The van der Waals surface area contributed by atoms with Gasteiger partial charge in [0.1, 0.15) is 5.75 Å². The predicted molar refractivity (Wildman–Crippen MR) is 67.1 cm³/mol. The van der Waals surface area contributed by atoms with E-state index in [1.807, 2.05) is 26.0 Å². The van der Waals surface area contributed by atoms with E-state index in [-0.39, 0.29) is 18.7 Å². The van der Waals surface area contributed by atoms with Gasteiger partial charge in [-0.3, -0.25) is 0 Å². The molecule has 0 fully saturated rings. The molecule has 0 atom stereocenters. The Hall–Kier alpha value is -1.71. The first-order valence-corrected chi connectivity index (χ1v) is 5.59. The molecule has 0 unspecified atom stereocenters. The molecule has 1 aromatic rings. The second kappa shape index (κ2) is 5.57. The number of carbonyl (C=O) groups is 1. The van der Waals surface area contributed by atoms with Crippen molar-refractivity contribution in [2.75, 3.05) is 12.3 Å². The van der Waals surface area contributed by atoms with Gasteiger partial charge in [-0.1, -0.05) is 6.07 Å². The molecule has 0 saturated carbocycles. The fraction of sp³-hybridized carbons (Fsp3) is 0.462. The molecule has 94 valence electrons. The SMILES string of the molecule is Cc1ccc(N)c(C)c1OCC(=O)OC(C)C. The van der Waals surface area contributed by atoms with Crippen LogP contribution in [0.15, 0.2) is 12.1 Å². The molecule has 0 radical (unpaired) electrons. The van der Waals surface area contributed by atoms with E-state index in [1.165, 1.54) is 0 Å². The fourth-order valence-corrected chi connectivity index (χ4v) is 1.49. The Labute approximate surface area is 102 Å². The van der Waals surface area contributed by atoms with Crippen LogP contribution in [0.4, 0.5) is 5.69 Å². The summed E-state index contributed by atoms with van der Waals surface area (Å²) in [6.07, 6.45) is -0.130. The molecule has 17 heavy (non-hydrogen) atoms. The second-order valence-corrected chi connectivity index (χ2v) is 4.25. The first-order valence-electron chi connectivity index (χ1n) is 5.59. The number of carbonyl (C=O) groups excluding carboxylic acids is 1. The van der Waals surface area contributed by atoms with Gasteiger partial charge in [0.15, 0.2) is 6.61 Å². The number of esters is 1. The summed E-state index contributed by atoms with van der Waals surface area (Å²) < 4.78 is 10.4. The predicted octanol–water partition coefficient (Wildman–Crippen LogP) is 2.22. The summed E-state index contributed by atoms with van der Waals surface area (Å²) in [5.41, 5.74) is 8.24. The molecular formula is C13H19NO3. The number of anilines is 1. The highest BCUT2D eigenvalue weighted by Crippen LogP contribution is 2.27. The summed E-state index contributed by atoms with van der Waals surface area (Å²) >= 11 is 0. The Bertz CT molecular complexity index is 413. The minimum absolute atomic E-state index is 0.0939. The zero-order valence-corrected chi connectivity index (χ0v) is 10.7. The molecular weight excluding hydrogens is 218 g/mol. The zero-order chi connectivity index (χ0) is 13.0. The molecule has 0 amide bonds. The van der Waals surface area contributed by atoms with Gasteiger partial charge in [-0.2, -0.15) is 0 Å². The average Bonchev–Trinajstić information content (AvgIpc) is 2.23. The molecule has 0 heterocycles. The first-order chi connectivity index (χ1) is 7.91. The van der Waals surface area contributed by atoms with E-state index >= 15 is 0 Å². The number of ether oxygens (including phenoxy) is 2. The van der Waals surface area contributed by atoms with Crippen molar-refractivity contribution >= 4 is 11.7 Å². The second-order valence-electron chi connectivity index (χ2n) is 4.25. The minimum Gasteiger partial charge on any atom is -0.481 e. The molecule has 2 N–H and O–H groups in total. The van der Waals surface area contributed by atoms with Crippen LogP contribution in [0.5, 0.6) is 5.75 Å².